The van der Waals surface area contributed by atoms with Gasteiger partial charge in [0.2, 0.25) is 11.8 Å². The first kappa shape index (κ1) is 26.0. The molecule has 0 aliphatic carbocycles. The Balaban J connectivity index is 1.51. The van der Waals surface area contributed by atoms with Crippen LogP contribution in [0, 0.1) is 13.8 Å². The average molecular weight is 511 g/mol. The number of rotatable bonds is 9. The van der Waals surface area contributed by atoms with Crippen molar-refractivity contribution in [1.82, 2.24) is 15.1 Å². The van der Waals surface area contributed by atoms with Crippen LogP contribution in [0.15, 0.2) is 45.6 Å². The molecular formula is C27H34N4O4S. The van der Waals surface area contributed by atoms with E-state index in [4.69, 9.17) is 9.73 Å². The molecule has 192 valence electrons. The van der Waals surface area contributed by atoms with Crippen molar-refractivity contribution in [3.8, 4) is 0 Å². The van der Waals surface area contributed by atoms with Gasteiger partial charge in [0, 0.05) is 31.8 Å². The number of carbonyl (C=O) groups is 3. The Morgan fingerprint density at radius 2 is 2.06 bits per heavy atom. The SMILES string of the molecule is CCOC(=O)C1=C(C)N=C2SC=C(CC(=O)NCCCN3CCCC3=O)N2[C@H]1c1ccc(C)cc1C. The first-order valence-corrected chi connectivity index (χ1v) is 13.4. The Labute approximate surface area is 216 Å². The molecule has 1 N–H and O–H groups in total. The Bertz CT molecular complexity index is 1160. The lowest BCUT2D eigenvalue weighted by Gasteiger charge is -2.37. The number of fused-ring (bicyclic) bond motifs is 1. The Kier molecular flexibility index (Phi) is 8.18. The lowest BCUT2D eigenvalue weighted by Crippen LogP contribution is -2.38. The number of hydrogen-bond acceptors (Lipinski definition) is 7. The van der Waals surface area contributed by atoms with E-state index in [2.05, 4.69) is 11.4 Å². The molecule has 0 aromatic heterocycles. The first-order chi connectivity index (χ1) is 17.3. The minimum atomic E-state index is -0.424. The highest BCUT2D eigenvalue weighted by Crippen LogP contribution is 2.45. The van der Waals surface area contributed by atoms with Gasteiger partial charge >= 0.3 is 5.97 Å². The second-order valence-corrected chi connectivity index (χ2v) is 10.2. The summed E-state index contributed by atoms with van der Waals surface area (Å²) < 4.78 is 5.42. The third-order valence-electron chi connectivity index (χ3n) is 6.66. The van der Waals surface area contributed by atoms with Crippen LogP contribution in [0.1, 0.15) is 62.3 Å². The predicted octanol–water partition coefficient (Wildman–Crippen LogP) is 3.96. The third-order valence-corrected chi connectivity index (χ3v) is 7.54. The van der Waals surface area contributed by atoms with Gasteiger partial charge in [0.15, 0.2) is 5.17 Å². The minimum Gasteiger partial charge on any atom is -0.463 e. The zero-order chi connectivity index (χ0) is 25.8. The molecule has 1 aromatic rings. The maximum Gasteiger partial charge on any atom is 0.338 e. The molecule has 0 unspecified atom stereocenters. The topological polar surface area (TPSA) is 91.3 Å². The van der Waals surface area contributed by atoms with Crippen LogP contribution in [0.5, 0.6) is 0 Å². The molecule has 1 atom stereocenters. The van der Waals surface area contributed by atoms with Crippen LogP contribution >= 0.6 is 11.8 Å². The number of nitrogens with zero attached hydrogens (tertiary/aromatic N) is 3. The zero-order valence-electron chi connectivity index (χ0n) is 21.4. The number of aryl methyl sites for hydroxylation is 2. The summed E-state index contributed by atoms with van der Waals surface area (Å²) in [5.74, 6) is -0.288. The number of thioether (sulfide) groups is 1. The molecule has 36 heavy (non-hydrogen) atoms. The molecule has 8 nitrogen and oxygen atoms in total. The summed E-state index contributed by atoms with van der Waals surface area (Å²) in [6, 6.07) is 5.76. The fourth-order valence-electron chi connectivity index (χ4n) is 4.93. The number of ether oxygens (including phenoxy) is 1. The number of carbonyl (C=O) groups excluding carboxylic acids is 3. The highest BCUT2D eigenvalue weighted by atomic mass is 32.2. The number of nitrogens with one attached hydrogen (secondary N) is 1. The van der Waals surface area contributed by atoms with Crippen LogP contribution in [0.25, 0.3) is 0 Å². The van der Waals surface area contributed by atoms with E-state index in [0.29, 0.717) is 30.8 Å². The van der Waals surface area contributed by atoms with Crippen LogP contribution in [0.3, 0.4) is 0 Å². The fraction of sp³-hybridized carbons (Fsp3) is 0.481. The van der Waals surface area contributed by atoms with Crippen molar-refractivity contribution >= 4 is 34.7 Å². The standard InChI is InChI=1S/C27H34N4O4S/c1-5-35-26(34)24-19(4)29-27-31(25(24)21-10-9-17(2)14-18(21)3)20(16-36-27)15-22(32)28-11-7-13-30-12-6-8-23(30)33/h9-10,14,16,25H,5-8,11-13,15H2,1-4H3,(H,28,32)/t25-/m0/s1. The van der Waals surface area contributed by atoms with Gasteiger partial charge in [-0.15, -0.1) is 0 Å². The first-order valence-electron chi connectivity index (χ1n) is 12.5. The second kappa shape index (κ2) is 11.3. The smallest absolute Gasteiger partial charge is 0.338 e. The van der Waals surface area contributed by atoms with Crippen molar-refractivity contribution in [1.29, 1.82) is 0 Å². The van der Waals surface area contributed by atoms with E-state index in [1.165, 1.54) is 11.8 Å². The number of aliphatic imine (C=N–C) groups is 1. The van der Waals surface area contributed by atoms with Crippen molar-refractivity contribution in [2.75, 3.05) is 26.2 Å². The normalized spacial score (nSPS) is 19.3. The van der Waals surface area contributed by atoms with Crippen molar-refractivity contribution in [2.24, 2.45) is 4.99 Å². The summed E-state index contributed by atoms with van der Waals surface area (Å²) in [7, 11) is 0. The fourth-order valence-corrected chi connectivity index (χ4v) is 5.90. The van der Waals surface area contributed by atoms with Gasteiger partial charge in [0.25, 0.3) is 0 Å². The molecule has 1 saturated heterocycles. The summed E-state index contributed by atoms with van der Waals surface area (Å²) in [4.78, 5) is 46.3. The number of amidine groups is 1. The van der Waals surface area contributed by atoms with Crippen LogP contribution in [0.2, 0.25) is 0 Å². The molecule has 3 aliphatic heterocycles. The quantitative estimate of drug-likeness (QED) is 0.399. The van der Waals surface area contributed by atoms with E-state index in [1.54, 1.807) is 6.92 Å². The van der Waals surface area contributed by atoms with E-state index in [0.717, 1.165) is 46.9 Å². The summed E-state index contributed by atoms with van der Waals surface area (Å²) in [6.45, 7) is 9.97. The van der Waals surface area contributed by atoms with Crippen LogP contribution in [0.4, 0.5) is 0 Å². The van der Waals surface area contributed by atoms with Gasteiger partial charge in [-0.3, -0.25) is 9.59 Å². The second-order valence-electron chi connectivity index (χ2n) is 9.34. The van der Waals surface area contributed by atoms with Crippen molar-refractivity contribution in [2.45, 2.75) is 59.4 Å². The van der Waals surface area contributed by atoms with Gasteiger partial charge < -0.3 is 19.9 Å². The van der Waals surface area contributed by atoms with E-state index < -0.39 is 6.04 Å². The van der Waals surface area contributed by atoms with Gasteiger partial charge in [0.05, 0.1) is 30.3 Å². The highest BCUT2D eigenvalue weighted by molar-refractivity contribution is 8.16. The molecule has 0 bridgehead atoms. The summed E-state index contributed by atoms with van der Waals surface area (Å²) in [5.41, 5.74) is 5.11. The molecule has 0 radical (unpaired) electrons. The molecule has 3 aliphatic rings. The van der Waals surface area contributed by atoms with Crippen LogP contribution in [-0.2, 0) is 19.1 Å². The van der Waals surface area contributed by atoms with Gasteiger partial charge in [-0.05, 0) is 57.1 Å². The van der Waals surface area contributed by atoms with Gasteiger partial charge in [-0.1, -0.05) is 35.5 Å². The van der Waals surface area contributed by atoms with Gasteiger partial charge in [-0.25, -0.2) is 9.79 Å². The van der Waals surface area contributed by atoms with Crippen LogP contribution in [-0.4, -0.2) is 59.0 Å². The Morgan fingerprint density at radius 3 is 2.75 bits per heavy atom. The Hall–Kier alpha value is -3.07. The maximum atomic E-state index is 13.1. The molecule has 3 heterocycles. The number of benzene rings is 1. The molecule has 0 saturated carbocycles. The molecular weight excluding hydrogens is 476 g/mol. The van der Waals surface area contributed by atoms with Gasteiger partial charge in [0.1, 0.15) is 0 Å². The summed E-state index contributed by atoms with van der Waals surface area (Å²) >= 11 is 1.46. The van der Waals surface area contributed by atoms with Gasteiger partial charge in [-0.2, -0.15) is 0 Å². The molecule has 1 fully saturated rings. The molecule has 4 rings (SSSR count). The van der Waals surface area contributed by atoms with Crippen molar-refractivity contribution in [3.63, 3.8) is 0 Å². The zero-order valence-corrected chi connectivity index (χ0v) is 22.2. The largest absolute Gasteiger partial charge is 0.463 e. The lowest BCUT2D eigenvalue weighted by atomic mass is 9.90. The van der Waals surface area contributed by atoms with E-state index >= 15 is 0 Å². The average Bonchev–Trinajstić information content (AvgIpc) is 3.41. The summed E-state index contributed by atoms with van der Waals surface area (Å²) in [5, 5.41) is 5.68. The van der Waals surface area contributed by atoms with Crippen molar-refractivity contribution in [3.05, 3.63) is 57.3 Å². The third kappa shape index (κ3) is 5.51. The molecule has 1 aromatic carbocycles. The number of amides is 2. The highest BCUT2D eigenvalue weighted by Gasteiger charge is 2.41. The number of allylic oxidation sites excluding steroid dienone is 1. The lowest BCUT2D eigenvalue weighted by molar-refractivity contribution is -0.139. The van der Waals surface area contributed by atoms with E-state index in [1.807, 2.05) is 48.1 Å². The number of esters is 1. The minimum absolute atomic E-state index is 0.0980. The number of hydrogen-bond donors (Lipinski definition) is 1. The summed E-state index contributed by atoms with van der Waals surface area (Å²) in [6.07, 6.45) is 2.44. The van der Waals surface area contributed by atoms with Crippen molar-refractivity contribution < 1.29 is 19.1 Å². The molecule has 0 spiro atoms. The Morgan fingerprint density at radius 1 is 1.25 bits per heavy atom. The number of likely N-dealkylation sites (tertiary alicyclic amines) is 1. The maximum absolute atomic E-state index is 13.1. The van der Waals surface area contributed by atoms with E-state index in [-0.39, 0.29) is 30.8 Å². The molecule has 2 amide bonds. The van der Waals surface area contributed by atoms with E-state index in [9.17, 15) is 14.4 Å². The monoisotopic (exact) mass is 510 g/mol. The predicted molar refractivity (Wildman–Crippen MR) is 141 cm³/mol. The van der Waals surface area contributed by atoms with Crippen LogP contribution < -0.4 is 5.32 Å². The molecule has 9 heteroatoms.